The number of phenolic OH excluding ortho intramolecular Hbond substituents is 2. The van der Waals surface area contributed by atoms with Crippen LogP contribution in [0.5, 0.6) is 11.5 Å². The Morgan fingerprint density at radius 2 is 0.868 bits per heavy atom. The second-order valence-corrected chi connectivity index (χ2v) is 8.13. The number of benzene rings is 4. The van der Waals surface area contributed by atoms with Gasteiger partial charge >= 0.3 is 23.9 Å². The summed E-state index contributed by atoms with van der Waals surface area (Å²) in [6.45, 7) is 0. The maximum absolute atomic E-state index is 12.6. The number of ether oxygens (including phenoxy) is 4. The Hall–Kier alpha value is -5.12. The van der Waals surface area contributed by atoms with Crippen molar-refractivity contribution < 1.29 is 48.3 Å². The van der Waals surface area contributed by atoms with Crippen molar-refractivity contribution >= 4 is 45.4 Å². The van der Waals surface area contributed by atoms with Gasteiger partial charge < -0.3 is 29.2 Å². The maximum atomic E-state index is 12.6. The molecule has 0 saturated heterocycles. The second kappa shape index (κ2) is 10.1. The Kier molecular flexibility index (Phi) is 6.89. The Bertz CT molecular complexity index is 1530. The summed E-state index contributed by atoms with van der Waals surface area (Å²) in [5.41, 5.74) is -0.185. The van der Waals surface area contributed by atoms with Gasteiger partial charge in [0.25, 0.3) is 0 Å². The average molecular weight is 518 g/mol. The number of fused-ring (bicyclic) bond motifs is 2. The smallest absolute Gasteiger partial charge is 0.341 e. The normalized spacial score (nSPS) is 10.7. The van der Waals surface area contributed by atoms with Crippen LogP contribution >= 0.6 is 0 Å². The van der Waals surface area contributed by atoms with Crippen LogP contribution in [-0.4, -0.2) is 62.5 Å². The molecule has 2 N–H and O–H groups in total. The van der Waals surface area contributed by atoms with E-state index in [-0.39, 0.29) is 33.4 Å². The molecule has 0 aliphatic rings. The van der Waals surface area contributed by atoms with Gasteiger partial charge in [0, 0.05) is 11.1 Å². The number of aromatic hydroxyl groups is 2. The van der Waals surface area contributed by atoms with Crippen molar-refractivity contribution in [2.45, 2.75) is 0 Å². The second-order valence-electron chi connectivity index (χ2n) is 8.13. The summed E-state index contributed by atoms with van der Waals surface area (Å²) < 4.78 is 19.2. The van der Waals surface area contributed by atoms with Gasteiger partial charge in [-0.05, 0) is 57.9 Å². The van der Waals surface area contributed by atoms with E-state index in [1.54, 1.807) is 0 Å². The molecule has 10 heteroatoms. The molecule has 0 heterocycles. The predicted octanol–water partition coefficient (Wildman–Crippen LogP) is 4.22. The zero-order valence-electron chi connectivity index (χ0n) is 20.8. The number of esters is 4. The van der Waals surface area contributed by atoms with Crippen molar-refractivity contribution in [2.24, 2.45) is 0 Å². The van der Waals surface area contributed by atoms with E-state index in [1.807, 2.05) is 0 Å². The van der Waals surface area contributed by atoms with Gasteiger partial charge in [0.1, 0.15) is 22.6 Å². The Morgan fingerprint density at radius 1 is 0.526 bits per heavy atom. The molecule has 4 aromatic rings. The lowest BCUT2D eigenvalue weighted by Gasteiger charge is -2.18. The van der Waals surface area contributed by atoms with Crippen molar-refractivity contribution in [1.29, 1.82) is 0 Å². The van der Waals surface area contributed by atoms with Gasteiger partial charge in [-0.15, -0.1) is 0 Å². The van der Waals surface area contributed by atoms with Crippen molar-refractivity contribution in [3.63, 3.8) is 0 Å². The molecule has 0 aliphatic carbocycles. The predicted molar refractivity (Wildman–Crippen MR) is 136 cm³/mol. The van der Waals surface area contributed by atoms with E-state index in [9.17, 15) is 29.4 Å². The molecule has 0 fully saturated rings. The van der Waals surface area contributed by atoms with Gasteiger partial charge in [0.05, 0.1) is 39.6 Å². The molecular weight excluding hydrogens is 496 g/mol. The van der Waals surface area contributed by atoms with Crippen molar-refractivity contribution in [1.82, 2.24) is 0 Å². The molecule has 0 atom stereocenters. The molecule has 0 spiro atoms. The van der Waals surface area contributed by atoms with Gasteiger partial charge in [0.2, 0.25) is 0 Å². The van der Waals surface area contributed by atoms with Crippen LogP contribution < -0.4 is 0 Å². The Labute approximate surface area is 215 Å². The monoisotopic (exact) mass is 518 g/mol. The van der Waals surface area contributed by atoms with E-state index in [0.717, 1.165) is 14.2 Å². The zero-order chi connectivity index (χ0) is 27.7. The van der Waals surface area contributed by atoms with E-state index < -0.39 is 35.4 Å². The molecule has 38 heavy (non-hydrogen) atoms. The minimum Gasteiger partial charge on any atom is -0.506 e. The number of rotatable bonds is 5. The minimum atomic E-state index is -0.880. The van der Waals surface area contributed by atoms with E-state index in [4.69, 9.17) is 18.9 Å². The number of hydrogen-bond donors (Lipinski definition) is 2. The van der Waals surface area contributed by atoms with Gasteiger partial charge in [-0.1, -0.05) is 12.1 Å². The Morgan fingerprint density at radius 3 is 1.18 bits per heavy atom. The van der Waals surface area contributed by atoms with Crippen LogP contribution in [0.1, 0.15) is 41.4 Å². The maximum Gasteiger partial charge on any atom is 0.341 e. The molecule has 194 valence electrons. The fourth-order valence-electron chi connectivity index (χ4n) is 4.32. The highest BCUT2D eigenvalue weighted by atomic mass is 16.5. The van der Waals surface area contributed by atoms with E-state index in [1.165, 1.54) is 62.8 Å². The molecule has 4 aromatic carbocycles. The topological polar surface area (TPSA) is 146 Å². The molecule has 0 aliphatic heterocycles. The summed E-state index contributed by atoms with van der Waals surface area (Å²) in [7, 11) is 4.71. The van der Waals surface area contributed by atoms with E-state index in [0.29, 0.717) is 21.5 Å². The standard InChI is InChI=1S/C28H22O10/c1-35-25(31)13-5-7-17-15(9-13)11-19(27(33)37-3)23(29)21(17)22-18-8-6-14(26(32)36-2)10-16(18)12-20(24(22)30)28(34)38-4/h5-12,29-30H,1-4H3. The van der Waals surface area contributed by atoms with E-state index in [2.05, 4.69) is 0 Å². The lowest BCUT2D eigenvalue weighted by molar-refractivity contribution is 0.0588. The van der Waals surface area contributed by atoms with Crippen LogP contribution in [0.2, 0.25) is 0 Å². The molecule has 0 aromatic heterocycles. The third-order valence-corrected chi connectivity index (χ3v) is 6.13. The molecule has 0 bridgehead atoms. The number of hydrogen-bond acceptors (Lipinski definition) is 10. The number of carbonyl (C=O) groups excluding carboxylic acids is 4. The third-order valence-electron chi connectivity index (χ3n) is 6.13. The third kappa shape index (κ3) is 4.21. The molecule has 0 unspecified atom stereocenters. The first-order chi connectivity index (χ1) is 18.2. The summed E-state index contributed by atoms with van der Waals surface area (Å²) in [5.74, 6) is -4.09. The summed E-state index contributed by atoms with van der Waals surface area (Å²) in [5, 5.41) is 24.0. The zero-order valence-corrected chi connectivity index (χ0v) is 20.8. The summed E-state index contributed by atoms with van der Waals surface area (Å²) in [6, 6.07) is 11.5. The fourth-order valence-corrected chi connectivity index (χ4v) is 4.32. The molecule has 0 radical (unpaired) electrons. The van der Waals surface area contributed by atoms with Gasteiger partial charge in [-0.25, -0.2) is 19.2 Å². The summed E-state index contributed by atoms with van der Waals surface area (Å²) >= 11 is 0. The van der Waals surface area contributed by atoms with Gasteiger partial charge in [-0.2, -0.15) is 0 Å². The summed E-state index contributed by atoms with van der Waals surface area (Å²) in [4.78, 5) is 49.5. The lowest BCUT2D eigenvalue weighted by atomic mass is 9.88. The number of carbonyl (C=O) groups is 4. The van der Waals surface area contributed by atoms with Crippen LogP contribution in [0.3, 0.4) is 0 Å². The molecule has 0 saturated carbocycles. The molecule has 10 nitrogen and oxygen atoms in total. The highest BCUT2D eigenvalue weighted by molar-refractivity contribution is 6.16. The minimum absolute atomic E-state index is 0.0154. The van der Waals surface area contributed by atoms with Gasteiger partial charge in [-0.3, -0.25) is 0 Å². The number of methoxy groups -OCH3 is 4. The quantitative estimate of drug-likeness (QED) is 0.291. The highest BCUT2D eigenvalue weighted by Gasteiger charge is 2.27. The molecule has 4 rings (SSSR count). The van der Waals surface area contributed by atoms with Crippen LogP contribution in [0.4, 0.5) is 0 Å². The Balaban J connectivity index is 2.21. The van der Waals surface area contributed by atoms with Crippen LogP contribution in [0.15, 0.2) is 48.5 Å². The molecule has 0 amide bonds. The van der Waals surface area contributed by atoms with E-state index >= 15 is 0 Å². The molecular formula is C28H22O10. The average Bonchev–Trinajstić information content (AvgIpc) is 2.94. The first kappa shape index (κ1) is 26.0. The first-order valence-corrected chi connectivity index (χ1v) is 11.1. The van der Waals surface area contributed by atoms with Crippen molar-refractivity contribution in [3.8, 4) is 22.6 Å². The largest absolute Gasteiger partial charge is 0.506 e. The fraction of sp³-hybridized carbons (Fsp3) is 0.143. The lowest BCUT2D eigenvalue weighted by Crippen LogP contribution is -2.06. The van der Waals surface area contributed by atoms with Crippen LogP contribution in [0, 0.1) is 0 Å². The number of phenols is 2. The van der Waals surface area contributed by atoms with Crippen molar-refractivity contribution in [3.05, 3.63) is 70.8 Å². The summed E-state index contributed by atoms with van der Waals surface area (Å²) in [6.07, 6.45) is 0. The van der Waals surface area contributed by atoms with Crippen molar-refractivity contribution in [2.75, 3.05) is 28.4 Å². The van der Waals surface area contributed by atoms with Gasteiger partial charge in [0.15, 0.2) is 0 Å². The highest BCUT2D eigenvalue weighted by Crippen LogP contribution is 2.48. The SMILES string of the molecule is COC(=O)c1ccc2c(-c3c(O)c(C(=O)OC)cc4cc(C(=O)OC)ccc34)c(O)c(C(=O)OC)cc2c1. The van der Waals surface area contributed by atoms with Crippen LogP contribution in [0.25, 0.3) is 32.7 Å². The first-order valence-electron chi connectivity index (χ1n) is 11.1. The van der Waals surface area contributed by atoms with Crippen LogP contribution in [-0.2, 0) is 18.9 Å².